The quantitative estimate of drug-likeness (QED) is 0.690. The Morgan fingerprint density at radius 2 is 1.96 bits per heavy atom. The van der Waals surface area contributed by atoms with Gasteiger partial charge in [0.25, 0.3) is 5.91 Å². The lowest BCUT2D eigenvalue weighted by Gasteiger charge is -2.10. The lowest BCUT2D eigenvalue weighted by atomic mass is 10.1. The molecule has 1 N–H and O–H groups in total. The molecule has 0 spiro atoms. The van der Waals surface area contributed by atoms with Crippen molar-refractivity contribution in [3.05, 3.63) is 75.6 Å². The van der Waals surface area contributed by atoms with Crippen molar-refractivity contribution >= 4 is 23.2 Å². The molecule has 2 aromatic carbocycles. The van der Waals surface area contributed by atoms with Crippen molar-refractivity contribution in [3.8, 4) is 5.75 Å². The molecule has 0 unspecified atom stereocenters. The highest BCUT2D eigenvalue weighted by molar-refractivity contribution is 6.31. The molecule has 140 valence electrons. The van der Waals surface area contributed by atoms with Crippen molar-refractivity contribution in [3.63, 3.8) is 0 Å². The molecule has 3 aromatic rings. The second-order valence-electron chi connectivity index (χ2n) is 6.49. The maximum Gasteiger partial charge on any atom is 0.259 e. The Bertz CT molecular complexity index is 995. The van der Waals surface area contributed by atoms with Gasteiger partial charge in [-0.3, -0.25) is 9.48 Å². The summed E-state index contributed by atoms with van der Waals surface area (Å²) in [5.74, 6) is 0.190. The summed E-state index contributed by atoms with van der Waals surface area (Å²) in [6.07, 6.45) is 0. The highest BCUT2D eigenvalue weighted by Crippen LogP contribution is 2.26. The summed E-state index contributed by atoms with van der Waals surface area (Å²) >= 11 is 6.04. The largest absolute Gasteiger partial charge is 0.496 e. The zero-order valence-electron chi connectivity index (χ0n) is 15.8. The van der Waals surface area contributed by atoms with Crippen LogP contribution in [-0.2, 0) is 6.54 Å². The monoisotopic (exact) mass is 383 g/mol. The van der Waals surface area contributed by atoms with Crippen molar-refractivity contribution in [2.45, 2.75) is 27.3 Å². The first-order valence-corrected chi connectivity index (χ1v) is 9.01. The normalized spacial score (nSPS) is 10.7. The third-order valence-electron chi connectivity index (χ3n) is 4.44. The first-order valence-electron chi connectivity index (χ1n) is 8.63. The molecule has 0 atom stereocenters. The number of hydrogen-bond acceptors (Lipinski definition) is 3. The van der Waals surface area contributed by atoms with E-state index in [1.807, 2.05) is 24.6 Å². The number of ether oxygens (including phenoxy) is 1. The van der Waals surface area contributed by atoms with E-state index in [1.165, 1.54) is 12.7 Å². The molecular weight excluding hydrogens is 362 g/mol. The topological polar surface area (TPSA) is 56.1 Å². The van der Waals surface area contributed by atoms with Gasteiger partial charge >= 0.3 is 0 Å². The molecule has 0 aliphatic heterocycles. The minimum atomic E-state index is -0.282. The average Bonchev–Trinajstić information content (AvgIpc) is 2.89. The zero-order chi connectivity index (χ0) is 19.6. The van der Waals surface area contributed by atoms with E-state index < -0.39 is 0 Å². The van der Waals surface area contributed by atoms with E-state index in [9.17, 15) is 4.79 Å². The van der Waals surface area contributed by atoms with E-state index in [-0.39, 0.29) is 5.91 Å². The Labute approximate surface area is 163 Å². The van der Waals surface area contributed by atoms with Gasteiger partial charge < -0.3 is 10.1 Å². The number of rotatable bonds is 5. The number of carbonyl (C=O) groups excluding carboxylic acids is 1. The van der Waals surface area contributed by atoms with E-state index in [2.05, 4.69) is 35.5 Å². The van der Waals surface area contributed by atoms with Crippen LogP contribution in [0.3, 0.4) is 0 Å². The molecule has 0 aliphatic rings. The van der Waals surface area contributed by atoms with Crippen LogP contribution in [0.1, 0.15) is 32.9 Å². The SMILES string of the molecule is COc1ccc(Cl)cc1C(=O)Nc1c(C)nn(Cc2cccc(C)c2)c1C. The Kier molecular flexibility index (Phi) is 5.51. The molecule has 5 nitrogen and oxygen atoms in total. The number of anilines is 1. The van der Waals surface area contributed by atoms with Gasteiger partial charge in [-0.25, -0.2) is 0 Å². The standard InChI is InChI=1S/C21H22ClN3O2/c1-13-6-5-7-16(10-13)12-25-15(3)20(14(2)24-25)23-21(26)18-11-17(22)8-9-19(18)27-4/h5-11H,12H2,1-4H3,(H,23,26). The minimum Gasteiger partial charge on any atom is -0.496 e. The fourth-order valence-corrected chi connectivity index (χ4v) is 3.23. The Balaban J connectivity index is 1.87. The molecule has 1 amide bonds. The summed E-state index contributed by atoms with van der Waals surface area (Å²) in [5.41, 5.74) is 5.10. The van der Waals surface area contributed by atoms with Crippen LogP contribution in [0.15, 0.2) is 42.5 Å². The number of nitrogens with zero attached hydrogens (tertiary/aromatic N) is 2. The summed E-state index contributed by atoms with van der Waals surface area (Å²) in [4.78, 5) is 12.8. The first-order chi connectivity index (χ1) is 12.9. The van der Waals surface area contributed by atoms with Gasteiger partial charge in [0, 0.05) is 5.02 Å². The van der Waals surface area contributed by atoms with Crippen LogP contribution in [-0.4, -0.2) is 22.8 Å². The molecule has 6 heteroatoms. The lowest BCUT2D eigenvalue weighted by molar-refractivity contribution is 0.102. The molecule has 0 saturated heterocycles. The number of benzene rings is 2. The lowest BCUT2D eigenvalue weighted by Crippen LogP contribution is -2.14. The molecule has 0 saturated carbocycles. The minimum absolute atomic E-state index is 0.282. The van der Waals surface area contributed by atoms with Crippen molar-refractivity contribution in [1.29, 1.82) is 0 Å². The van der Waals surface area contributed by atoms with Crippen molar-refractivity contribution in [2.24, 2.45) is 0 Å². The fourth-order valence-electron chi connectivity index (χ4n) is 3.05. The van der Waals surface area contributed by atoms with Gasteiger partial charge in [-0.1, -0.05) is 41.4 Å². The number of methoxy groups -OCH3 is 1. The fraction of sp³-hybridized carbons (Fsp3) is 0.238. The number of nitrogens with one attached hydrogen (secondary N) is 1. The number of aryl methyl sites for hydroxylation is 2. The van der Waals surface area contributed by atoms with Crippen molar-refractivity contribution < 1.29 is 9.53 Å². The van der Waals surface area contributed by atoms with Gasteiger partial charge in [0.2, 0.25) is 0 Å². The maximum atomic E-state index is 12.8. The predicted molar refractivity (Wildman–Crippen MR) is 108 cm³/mol. The van der Waals surface area contributed by atoms with Gasteiger partial charge in [0.1, 0.15) is 5.75 Å². The highest BCUT2D eigenvalue weighted by Gasteiger charge is 2.18. The third-order valence-corrected chi connectivity index (χ3v) is 4.68. The number of halogens is 1. The summed E-state index contributed by atoms with van der Waals surface area (Å²) in [6, 6.07) is 13.3. The molecule has 1 heterocycles. The Hall–Kier alpha value is -2.79. The molecule has 0 fully saturated rings. The molecule has 27 heavy (non-hydrogen) atoms. The van der Waals surface area contributed by atoms with E-state index in [0.717, 1.165) is 17.0 Å². The number of aromatic nitrogens is 2. The van der Waals surface area contributed by atoms with Crippen LogP contribution in [0, 0.1) is 20.8 Å². The van der Waals surface area contributed by atoms with Crippen LogP contribution >= 0.6 is 11.6 Å². The second-order valence-corrected chi connectivity index (χ2v) is 6.93. The van der Waals surface area contributed by atoms with Crippen LogP contribution in [0.4, 0.5) is 5.69 Å². The Morgan fingerprint density at radius 1 is 1.19 bits per heavy atom. The van der Waals surface area contributed by atoms with Crippen LogP contribution in [0.25, 0.3) is 0 Å². The van der Waals surface area contributed by atoms with Gasteiger partial charge in [0.15, 0.2) is 0 Å². The summed E-state index contributed by atoms with van der Waals surface area (Å²) in [7, 11) is 1.52. The molecule has 0 aliphatic carbocycles. The summed E-state index contributed by atoms with van der Waals surface area (Å²) in [6.45, 7) is 6.53. The summed E-state index contributed by atoms with van der Waals surface area (Å²) < 4.78 is 7.17. The molecule has 0 bridgehead atoms. The van der Waals surface area contributed by atoms with Gasteiger partial charge in [-0.15, -0.1) is 0 Å². The molecule has 3 rings (SSSR count). The van der Waals surface area contributed by atoms with Crippen LogP contribution in [0.5, 0.6) is 5.75 Å². The highest BCUT2D eigenvalue weighted by atomic mass is 35.5. The second kappa shape index (κ2) is 7.84. The number of hydrogen-bond donors (Lipinski definition) is 1. The third kappa shape index (κ3) is 4.14. The molecule has 1 aromatic heterocycles. The van der Waals surface area contributed by atoms with Gasteiger partial charge in [-0.05, 0) is 44.5 Å². The van der Waals surface area contributed by atoms with E-state index in [1.54, 1.807) is 18.2 Å². The predicted octanol–water partition coefficient (Wildman–Crippen LogP) is 4.77. The zero-order valence-corrected chi connectivity index (χ0v) is 16.6. The van der Waals surface area contributed by atoms with Crippen molar-refractivity contribution in [2.75, 3.05) is 12.4 Å². The smallest absolute Gasteiger partial charge is 0.259 e. The number of carbonyl (C=O) groups is 1. The molecular formula is C21H22ClN3O2. The first kappa shape index (κ1) is 19.0. The van der Waals surface area contributed by atoms with E-state index in [4.69, 9.17) is 16.3 Å². The molecule has 0 radical (unpaired) electrons. The van der Waals surface area contributed by atoms with E-state index in [0.29, 0.717) is 28.6 Å². The Morgan fingerprint density at radius 3 is 2.67 bits per heavy atom. The van der Waals surface area contributed by atoms with Crippen LogP contribution in [0.2, 0.25) is 5.02 Å². The van der Waals surface area contributed by atoms with Crippen LogP contribution < -0.4 is 10.1 Å². The van der Waals surface area contributed by atoms with E-state index >= 15 is 0 Å². The van der Waals surface area contributed by atoms with Gasteiger partial charge in [-0.2, -0.15) is 5.10 Å². The van der Waals surface area contributed by atoms with Gasteiger partial charge in [0.05, 0.1) is 36.3 Å². The van der Waals surface area contributed by atoms with Crippen molar-refractivity contribution in [1.82, 2.24) is 9.78 Å². The maximum absolute atomic E-state index is 12.8. The average molecular weight is 384 g/mol. The number of amides is 1. The summed E-state index contributed by atoms with van der Waals surface area (Å²) in [5, 5.41) is 8.02.